The highest BCUT2D eigenvalue weighted by Gasteiger charge is 2.10. The normalized spacial score (nSPS) is 9.50. The van der Waals surface area contributed by atoms with Crippen molar-refractivity contribution in [1.82, 2.24) is 0 Å². The molecule has 0 unspecified atom stereocenters. The maximum Gasteiger partial charge on any atom is 0.148 e. The quantitative estimate of drug-likeness (QED) is 0.694. The number of hydrogen-bond donors (Lipinski definition) is 1. The van der Waals surface area contributed by atoms with Crippen LogP contribution < -0.4 is 5.73 Å². The molecule has 62 valence electrons. The van der Waals surface area contributed by atoms with Gasteiger partial charge in [0.25, 0.3) is 0 Å². The second-order valence-electron chi connectivity index (χ2n) is 2.37. The first-order chi connectivity index (χ1) is 5.57. The van der Waals surface area contributed by atoms with Crippen LogP contribution in [0.2, 0.25) is 0 Å². The van der Waals surface area contributed by atoms with E-state index < -0.39 is 5.82 Å². The van der Waals surface area contributed by atoms with Gasteiger partial charge in [0.15, 0.2) is 0 Å². The zero-order chi connectivity index (χ0) is 9.30. The molecule has 0 saturated heterocycles. The summed E-state index contributed by atoms with van der Waals surface area (Å²) in [6, 6.07) is 3.11. The number of nitrogen functional groups attached to an aromatic ring is 1. The van der Waals surface area contributed by atoms with E-state index in [9.17, 15) is 4.39 Å². The Morgan fingerprint density at radius 2 is 2.25 bits per heavy atom. The Labute approximate surface area is 77.9 Å². The lowest BCUT2D eigenvalue weighted by atomic mass is 10.1. The molecule has 2 nitrogen and oxygen atoms in total. The first-order valence-electron chi connectivity index (χ1n) is 3.22. The highest BCUT2D eigenvalue weighted by molar-refractivity contribution is 9.10. The van der Waals surface area contributed by atoms with Crippen LogP contribution in [-0.2, 0) is 0 Å². The number of halogens is 2. The number of nitriles is 1. The van der Waals surface area contributed by atoms with Crippen molar-refractivity contribution in [2.75, 3.05) is 5.73 Å². The Kier molecular flexibility index (Phi) is 2.34. The lowest BCUT2D eigenvalue weighted by Crippen LogP contribution is -1.98. The van der Waals surface area contributed by atoms with Gasteiger partial charge in [-0.3, -0.25) is 0 Å². The van der Waals surface area contributed by atoms with Gasteiger partial charge in [-0.2, -0.15) is 5.26 Å². The lowest BCUT2D eigenvalue weighted by Gasteiger charge is -2.04. The van der Waals surface area contributed by atoms with E-state index in [1.165, 1.54) is 6.07 Å². The number of nitrogens with zero attached hydrogens (tertiary/aromatic N) is 1. The molecule has 1 aromatic rings. The highest BCUT2D eigenvalue weighted by Crippen LogP contribution is 2.26. The van der Waals surface area contributed by atoms with Crippen molar-refractivity contribution in [1.29, 1.82) is 5.26 Å². The summed E-state index contributed by atoms with van der Waals surface area (Å²) < 4.78 is 13.5. The van der Waals surface area contributed by atoms with Gasteiger partial charge in [0.05, 0.1) is 11.3 Å². The molecule has 0 aliphatic carbocycles. The largest absolute Gasteiger partial charge is 0.395 e. The second-order valence-corrected chi connectivity index (χ2v) is 3.22. The topological polar surface area (TPSA) is 49.8 Å². The van der Waals surface area contributed by atoms with Gasteiger partial charge >= 0.3 is 0 Å². The monoisotopic (exact) mass is 228 g/mol. The van der Waals surface area contributed by atoms with Crippen LogP contribution in [-0.4, -0.2) is 0 Å². The molecule has 0 fully saturated rings. The highest BCUT2D eigenvalue weighted by atomic mass is 79.9. The molecule has 0 aromatic heterocycles. The molecule has 1 aromatic carbocycles. The minimum atomic E-state index is -0.566. The summed E-state index contributed by atoms with van der Waals surface area (Å²) >= 11 is 3.13. The fraction of sp³-hybridized carbons (Fsp3) is 0.125. The van der Waals surface area contributed by atoms with E-state index in [2.05, 4.69) is 15.9 Å². The maximum atomic E-state index is 12.9. The van der Waals surface area contributed by atoms with Gasteiger partial charge in [-0.25, -0.2) is 4.39 Å². The predicted octanol–water partition coefficient (Wildman–Crippen LogP) is 2.35. The maximum absolute atomic E-state index is 12.9. The number of nitrogens with two attached hydrogens (primary N) is 1. The van der Waals surface area contributed by atoms with Crippen molar-refractivity contribution in [3.05, 3.63) is 27.5 Å². The summed E-state index contributed by atoms with van der Waals surface area (Å²) in [4.78, 5) is 0. The molecule has 0 aliphatic rings. The van der Waals surface area contributed by atoms with E-state index in [0.717, 1.165) is 0 Å². The second kappa shape index (κ2) is 3.11. The van der Waals surface area contributed by atoms with Crippen LogP contribution in [0.3, 0.4) is 0 Å². The molecule has 0 atom stereocenters. The van der Waals surface area contributed by atoms with Gasteiger partial charge in [0.1, 0.15) is 11.9 Å². The Morgan fingerprint density at radius 1 is 1.67 bits per heavy atom. The van der Waals surface area contributed by atoms with Crippen molar-refractivity contribution in [2.45, 2.75) is 6.92 Å². The van der Waals surface area contributed by atoms with Crippen molar-refractivity contribution < 1.29 is 4.39 Å². The summed E-state index contributed by atoms with van der Waals surface area (Å²) in [6.45, 7) is 1.71. The van der Waals surface area contributed by atoms with E-state index in [0.29, 0.717) is 10.0 Å². The van der Waals surface area contributed by atoms with Gasteiger partial charge < -0.3 is 5.73 Å². The average molecular weight is 229 g/mol. The molecule has 0 heterocycles. The zero-order valence-corrected chi connectivity index (χ0v) is 7.94. The summed E-state index contributed by atoms with van der Waals surface area (Å²) in [5.41, 5.74) is 6.12. The summed E-state index contributed by atoms with van der Waals surface area (Å²) in [5, 5.41) is 8.63. The van der Waals surface area contributed by atoms with Crippen molar-refractivity contribution in [2.24, 2.45) is 0 Å². The van der Waals surface area contributed by atoms with Crippen molar-refractivity contribution >= 4 is 21.6 Å². The molecule has 0 saturated carbocycles. The fourth-order valence-electron chi connectivity index (χ4n) is 0.882. The van der Waals surface area contributed by atoms with Crippen LogP contribution >= 0.6 is 15.9 Å². The summed E-state index contributed by atoms with van der Waals surface area (Å²) in [6.07, 6.45) is 0. The van der Waals surface area contributed by atoms with Crippen LogP contribution in [0, 0.1) is 24.1 Å². The molecule has 2 N–H and O–H groups in total. The molecule has 0 radical (unpaired) electrons. The van der Waals surface area contributed by atoms with Gasteiger partial charge in [-0.1, -0.05) is 15.9 Å². The molecule has 0 bridgehead atoms. The Morgan fingerprint density at radius 3 is 2.75 bits per heavy atom. The van der Waals surface area contributed by atoms with Crippen LogP contribution in [0.4, 0.5) is 10.1 Å². The minimum Gasteiger partial charge on any atom is -0.395 e. The van der Waals surface area contributed by atoms with Gasteiger partial charge in [0.2, 0.25) is 0 Å². The minimum absolute atomic E-state index is 0.0850. The van der Waals surface area contributed by atoms with E-state index >= 15 is 0 Å². The lowest BCUT2D eigenvalue weighted by molar-refractivity contribution is 0.630. The molecule has 12 heavy (non-hydrogen) atoms. The van der Waals surface area contributed by atoms with Crippen LogP contribution in [0.15, 0.2) is 10.5 Å². The standard InChI is InChI=1S/C8H6BrFN2/c1-4-5(3-11)8(12)7(10)2-6(4)9/h2H,12H2,1H3. The van der Waals surface area contributed by atoms with E-state index in [-0.39, 0.29) is 11.3 Å². The Bertz CT molecular complexity index is 342. The average Bonchev–Trinajstić information content (AvgIpc) is 2.02. The van der Waals surface area contributed by atoms with Crippen molar-refractivity contribution in [3.8, 4) is 6.07 Å². The smallest absolute Gasteiger partial charge is 0.148 e. The van der Waals surface area contributed by atoms with Crippen molar-refractivity contribution in [3.63, 3.8) is 0 Å². The first kappa shape index (κ1) is 9.01. The third kappa shape index (κ3) is 1.28. The summed E-state index contributed by atoms with van der Waals surface area (Å²) in [7, 11) is 0. The number of hydrogen-bond acceptors (Lipinski definition) is 2. The van der Waals surface area contributed by atoms with E-state index in [1.807, 2.05) is 6.07 Å². The molecule has 4 heteroatoms. The third-order valence-corrected chi connectivity index (χ3v) is 2.45. The molecule has 0 amide bonds. The molecular weight excluding hydrogens is 223 g/mol. The summed E-state index contributed by atoms with van der Waals surface area (Å²) in [5.74, 6) is -0.566. The van der Waals surface area contributed by atoms with E-state index in [4.69, 9.17) is 11.0 Å². The van der Waals surface area contributed by atoms with Crippen LogP contribution in [0.25, 0.3) is 0 Å². The van der Waals surface area contributed by atoms with E-state index in [1.54, 1.807) is 6.92 Å². The van der Waals surface area contributed by atoms with Gasteiger partial charge in [-0.15, -0.1) is 0 Å². The first-order valence-corrected chi connectivity index (χ1v) is 4.01. The number of benzene rings is 1. The molecule has 0 spiro atoms. The molecule has 0 aliphatic heterocycles. The SMILES string of the molecule is Cc1c(Br)cc(F)c(N)c1C#N. The predicted molar refractivity (Wildman–Crippen MR) is 48.0 cm³/mol. The Balaban J connectivity index is 3.56. The van der Waals surface area contributed by atoms with Crippen LogP contribution in [0.1, 0.15) is 11.1 Å². The van der Waals surface area contributed by atoms with Gasteiger partial charge in [-0.05, 0) is 18.6 Å². The molecule has 1 rings (SSSR count). The number of rotatable bonds is 0. The zero-order valence-electron chi connectivity index (χ0n) is 6.36. The fourth-order valence-corrected chi connectivity index (χ4v) is 1.28. The molecular formula is C8H6BrFN2. The third-order valence-electron chi connectivity index (χ3n) is 1.63. The van der Waals surface area contributed by atoms with Gasteiger partial charge in [0, 0.05) is 4.47 Å². The number of anilines is 1. The van der Waals surface area contributed by atoms with Crippen LogP contribution in [0.5, 0.6) is 0 Å². The Hall–Kier alpha value is -1.08.